The molecule has 4 aromatic rings. The Labute approximate surface area is 244 Å². The second-order valence-electron chi connectivity index (χ2n) is 10.8. The largest absolute Gasteiger partial charge is 0.383 e. The number of rotatable bonds is 7. The molecule has 7 nitrogen and oxygen atoms in total. The molecule has 41 heavy (non-hydrogen) atoms. The van der Waals surface area contributed by atoms with Crippen LogP contribution in [0.2, 0.25) is 0 Å². The molecule has 3 N–H and O–H groups in total. The number of likely N-dealkylation sites (tertiary alicyclic amines) is 1. The number of nitrogen functional groups attached to an aromatic ring is 1. The average Bonchev–Trinajstić information content (AvgIpc) is 3.37. The van der Waals surface area contributed by atoms with Gasteiger partial charge in [-0.1, -0.05) is 51.1 Å². The highest BCUT2D eigenvalue weighted by atomic mass is 15.2. The first-order valence-corrected chi connectivity index (χ1v) is 15.1. The molecule has 0 bridgehead atoms. The maximum atomic E-state index is 6.32. The average molecular weight is 550 g/mol. The molecule has 0 aliphatic carbocycles. The van der Waals surface area contributed by atoms with Crippen molar-refractivity contribution in [2.24, 2.45) is 5.41 Å². The van der Waals surface area contributed by atoms with Crippen LogP contribution in [0.3, 0.4) is 0 Å². The SMILES string of the molecule is C/C=C(\C=C/CC)c1ccc2nc(-c3cccnc3N)n(-c3ccc(CN4CCC5(CC4)CNC5)cc3)c2n1.CC. The number of nitrogens with one attached hydrogen (secondary N) is 1. The summed E-state index contributed by atoms with van der Waals surface area (Å²) in [5, 5.41) is 3.46. The third-order valence-electron chi connectivity index (χ3n) is 8.24. The standard InChI is InChI=1S/C32H37N7.C2H6/c1-3-5-7-24(4-2)27-13-14-28-31(36-27)39(30(37-28)26-8-6-17-35-29(26)33)25-11-9-23(10-12-25)20-38-18-15-32(16-19-38)21-34-22-32;1-2/h4-14,17,34H,3,15-16,18-22H2,1-2H3,(H2,33,35);1-2H3/b7-5-,24-4+;. The number of nitrogens with zero attached hydrogens (tertiary/aromatic N) is 5. The van der Waals surface area contributed by atoms with Crippen molar-refractivity contribution in [3.05, 3.63) is 84.2 Å². The van der Waals surface area contributed by atoms with Crippen LogP contribution in [0.15, 0.2) is 73.0 Å². The van der Waals surface area contributed by atoms with Crippen molar-refractivity contribution in [1.82, 2.24) is 29.7 Å². The smallest absolute Gasteiger partial charge is 0.165 e. The molecule has 2 saturated heterocycles. The lowest BCUT2D eigenvalue weighted by Gasteiger charge is -2.48. The summed E-state index contributed by atoms with van der Waals surface area (Å²) in [6, 6.07) is 16.8. The van der Waals surface area contributed by atoms with E-state index < -0.39 is 0 Å². The Morgan fingerprint density at radius 3 is 2.41 bits per heavy atom. The van der Waals surface area contributed by atoms with Crippen molar-refractivity contribution in [1.29, 1.82) is 0 Å². The van der Waals surface area contributed by atoms with Crippen molar-refractivity contribution in [3.8, 4) is 17.1 Å². The number of benzene rings is 1. The van der Waals surface area contributed by atoms with Gasteiger partial charge in [0, 0.05) is 31.5 Å². The van der Waals surface area contributed by atoms with E-state index in [9.17, 15) is 0 Å². The molecule has 2 aliphatic rings. The quantitative estimate of drug-likeness (QED) is 0.251. The zero-order valence-electron chi connectivity index (χ0n) is 24.9. The van der Waals surface area contributed by atoms with E-state index >= 15 is 0 Å². The van der Waals surface area contributed by atoms with Crippen molar-refractivity contribution in [3.63, 3.8) is 0 Å². The summed E-state index contributed by atoms with van der Waals surface area (Å²) in [6.45, 7) is 13.9. The van der Waals surface area contributed by atoms with E-state index in [0.29, 0.717) is 11.2 Å². The van der Waals surface area contributed by atoms with Gasteiger partial charge in [0.05, 0.1) is 11.3 Å². The number of aromatic nitrogens is 4. The van der Waals surface area contributed by atoms with Crippen molar-refractivity contribution in [2.45, 2.75) is 53.5 Å². The molecule has 1 spiro atoms. The number of imidazole rings is 1. The molecule has 6 rings (SSSR count). The summed E-state index contributed by atoms with van der Waals surface area (Å²) in [6.07, 6.45) is 11.7. The molecular formula is C34H43N7. The van der Waals surface area contributed by atoms with E-state index in [1.807, 2.05) is 45.0 Å². The van der Waals surface area contributed by atoms with Crippen molar-refractivity contribution < 1.29 is 0 Å². The fourth-order valence-corrected chi connectivity index (χ4v) is 5.75. The van der Waals surface area contributed by atoms with Gasteiger partial charge in [0.1, 0.15) is 11.3 Å². The zero-order chi connectivity index (χ0) is 28.8. The molecule has 0 unspecified atom stereocenters. The van der Waals surface area contributed by atoms with Crippen molar-refractivity contribution in [2.75, 3.05) is 31.9 Å². The third-order valence-corrected chi connectivity index (χ3v) is 8.24. The summed E-state index contributed by atoms with van der Waals surface area (Å²) in [4.78, 5) is 17.0. The molecule has 3 aromatic heterocycles. The molecule has 2 fully saturated rings. The fraction of sp³-hybridized carbons (Fsp3) is 0.382. The van der Waals surface area contributed by atoms with Crippen LogP contribution >= 0.6 is 0 Å². The highest BCUT2D eigenvalue weighted by Gasteiger charge is 2.39. The first-order valence-electron chi connectivity index (χ1n) is 15.1. The summed E-state index contributed by atoms with van der Waals surface area (Å²) in [5.41, 5.74) is 13.7. The Kier molecular flexibility index (Phi) is 8.96. The Bertz CT molecular complexity index is 1520. The Balaban J connectivity index is 0.00000165. The molecule has 2 aliphatic heterocycles. The number of pyridine rings is 2. The minimum absolute atomic E-state index is 0.454. The molecule has 214 valence electrons. The summed E-state index contributed by atoms with van der Waals surface area (Å²) in [5.74, 6) is 1.20. The molecule has 5 heterocycles. The lowest BCUT2D eigenvalue weighted by Crippen LogP contribution is -2.58. The van der Waals surface area contributed by atoms with Crippen LogP contribution < -0.4 is 11.1 Å². The minimum Gasteiger partial charge on any atom is -0.383 e. The van der Waals surface area contributed by atoms with E-state index in [-0.39, 0.29) is 0 Å². The van der Waals surface area contributed by atoms with Gasteiger partial charge in [-0.25, -0.2) is 15.0 Å². The topological polar surface area (TPSA) is 84.9 Å². The maximum Gasteiger partial charge on any atom is 0.165 e. The molecule has 0 amide bonds. The fourth-order valence-electron chi connectivity index (χ4n) is 5.75. The van der Waals surface area contributed by atoms with Gasteiger partial charge in [0.2, 0.25) is 0 Å². The molecule has 7 heteroatoms. The van der Waals surface area contributed by atoms with E-state index in [1.165, 1.54) is 44.6 Å². The molecule has 0 radical (unpaired) electrons. The second-order valence-corrected chi connectivity index (χ2v) is 10.8. The summed E-state index contributed by atoms with van der Waals surface area (Å²) in [7, 11) is 0. The summed E-state index contributed by atoms with van der Waals surface area (Å²) >= 11 is 0. The summed E-state index contributed by atoms with van der Waals surface area (Å²) < 4.78 is 2.11. The Morgan fingerprint density at radius 1 is 1.02 bits per heavy atom. The van der Waals surface area contributed by atoms with E-state index in [2.05, 4.69) is 69.2 Å². The molecule has 0 saturated carbocycles. The van der Waals surface area contributed by atoms with Crippen molar-refractivity contribution >= 4 is 22.6 Å². The number of hydrogen-bond acceptors (Lipinski definition) is 6. The monoisotopic (exact) mass is 549 g/mol. The van der Waals surface area contributed by atoms with E-state index in [0.717, 1.165) is 52.5 Å². The van der Waals surface area contributed by atoms with Crippen LogP contribution in [-0.2, 0) is 6.54 Å². The van der Waals surface area contributed by atoms with Gasteiger partial charge in [-0.05, 0) is 92.2 Å². The minimum atomic E-state index is 0.454. The van der Waals surface area contributed by atoms with Crippen LogP contribution in [0, 0.1) is 5.41 Å². The van der Waals surface area contributed by atoms with Crippen LogP contribution in [0.1, 0.15) is 58.2 Å². The maximum absolute atomic E-state index is 6.32. The first-order chi connectivity index (χ1) is 20.1. The van der Waals surface area contributed by atoms with E-state index in [1.54, 1.807) is 6.20 Å². The number of fused-ring (bicyclic) bond motifs is 1. The lowest BCUT2D eigenvalue weighted by molar-refractivity contribution is 0.0520. The second kappa shape index (κ2) is 12.8. The van der Waals surface area contributed by atoms with Gasteiger partial charge >= 0.3 is 0 Å². The zero-order valence-corrected chi connectivity index (χ0v) is 24.9. The number of piperidine rings is 1. The normalized spacial score (nSPS) is 17.0. The van der Waals surface area contributed by atoms with Crippen LogP contribution in [0.25, 0.3) is 33.8 Å². The van der Waals surface area contributed by atoms with Crippen LogP contribution in [-0.4, -0.2) is 50.6 Å². The van der Waals surface area contributed by atoms with Gasteiger partial charge in [-0.3, -0.25) is 9.47 Å². The highest BCUT2D eigenvalue weighted by molar-refractivity contribution is 5.85. The van der Waals surface area contributed by atoms with Gasteiger partial charge in [-0.15, -0.1) is 0 Å². The molecular weight excluding hydrogens is 506 g/mol. The highest BCUT2D eigenvalue weighted by Crippen LogP contribution is 2.36. The van der Waals surface area contributed by atoms with Gasteiger partial charge < -0.3 is 11.1 Å². The van der Waals surface area contributed by atoms with Crippen LogP contribution in [0.5, 0.6) is 0 Å². The number of anilines is 1. The van der Waals surface area contributed by atoms with E-state index in [4.69, 9.17) is 15.7 Å². The number of nitrogens with two attached hydrogens (primary N) is 1. The van der Waals surface area contributed by atoms with Crippen LogP contribution in [0.4, 0.5) is 5.82 Å². The number of allylic oxidation sites excluding steroid dienone is 4. The molecule has 1 aromatic carbocycles. The van der Waals surface area contributed by atoms with Gasteiger partial charge in [0.25, 0.3) is 0 Å². The predicted octanol–water partition coefficient (Wildman–Crippen LogP) is 6.65. The Morgan fingerprint density at radius 2 is 1.78 bits per heavy atom. The predicted molar refractivity (Wildman–Crippen MR) is 171 cm³/mol. The van der Waals surface area contributed by atoms with Gasteiger partial charge in [-0.2, -0.15) is 0 Å². The van der Waals surface area contributed by atoms with Gasteiger partial charge in [0.15, 0.2) is 11.5 Å². The molecule has 0 atom stereocenters. The number of hydrogen-bond donors (Lipinski definition) is 2. The first kappa shape index (κ1) is 28.7. The lowest BCUT2D eigenvalue weighted by atomic mass is 9.73. The Hall–Kier alpha value is -3.81. The third kappa shape index (κ3) is 5.97.